The Morgan fingerprint density at radius 1 is 0.333 bits per heavy atom. The Balaban J connectivity index is 4.19. The summed E-state index contributed by atoms with van der Waals surface area (Å²) in [6.45, 7) is 13.7. The Morgan fingerprint density at radius 3 is 0.867 bits per heavy atom. The second-order valence-electron chi connectivity index (χ2n) is 19.5. The van der Waals surface area contributed by atoms with Crippen LogP contribution in [0.5, 0.6) is 0 Å². The quantitative estimate of drug-likeness (QED) is 0.0345. The van der Waals surface area contributed by atoms with Crippen molar-refractivity contribution in [3.05, 3.63) is 0 Å². The highest BCUT2D eigenvalue weighted by atomic mass is 16.6. The number of carbonyl (C=O) groups is 3. The minimum atomic E-state index is -0.763. The van der Waals surface area contributed by atoms with Gasteiger partial charge in [-0.1, -0.05) is 253 Å². The maximum absolute atomic E-state index is 12.8. The van der Waals surface area contributed by atoms with Crippen LogP contribution in [0.3, 0.4) is 0 Å². The molecule has 0 spiro atoms. The van der Waals surface area contributed by atoms with E-state index in [1.54, 1.807) is 0 Å². The van der Waals surface area contributed by atoms with Gasteiger partial charge in [0.25, 0.3) is 0 Å². The normalized spacial score (nSPS) is 13.1. The van der Waals surface area contributed by atoms with Crippen molar-refractivity contribution in [1.82, 2.24) is 0 Å². The fourth-order valence-electron chi connectivity index (χ4n) is 8.05. The molecule has 0 aromatic carbocycles. The molecule has 0 aromatic rings. The summed E-state index contributed by atoms with van der Waals surface area (Å²) >= 11 is 0. The average molecular weight is 849 g/mol. The molecule has 0 heterocycles. The molecular weight excluding hydrogens is 745 g/mol. The van der Waals surface area contributed by atoms with Crippen molar-refractivity contribution in [3.63, 3.8) is 0 Å². The first-order chi connectivity index (χ1) is 29.2. The lowest BCUT2D eigenvalue weighted by atomic mass is 9.99. The van der Waals surface area contributed by atoms with Crippen LogP contribution in [-0.4, -0.2) is 37.2 Å². The van der Waals surface area contributed by atoms with E-state index in [4.69, 9.17) is 14.2 Å². The highest BCUT2D eigenvalue weighted by Gasteiger charge is 2.19. The van der Waals surface area contributed by atoms with Gasteiger partial charge in [0, 0.05) is 19.3 Å². The van der Waals surface area contributed by atoms with Gasteiger partial charge in [-0.2, -0.15) is 0 Å². The van der Waals surface area contributed by atoms with E-state index in [2.05, 4.69) is 41.5 Å². The summed E-state index contributed by atoms with van der Waals surface area (Å²) in [7, 11) is 0. The molecule has 0 fully saturated rings. The van der Waals surface area contributed by atoms with Gasteiger partial charge in [-0.3, -0.25) is 14.4 Å². The van der Waals surface area contributed by atoms with Gasteiger partial charge in [0.05, 0.1) is 0 Å². The third-order valence-corrected chi connectivity index (χ3v) is 12.9. The van der Waals surface area contributed by atoms with Gasteiger partial charge in [-0.05, 0) is 37.0 Å². The molecule has 6 nitrogen and oxygen atoms in total. The van der Waals surface area contributed by atoms with E-state index in [1.165, 1.54) is 173 Å². The van der Waals surface area contributed by atoms with Crippen molar-refractivity contribution in [2.24, 2.45) is 17.8 Å². The fourth-order valence-corrected chi connectivity index (χ4v) is 8.05. The fraction of sp³-hybridized carbons (Fsp3) is 0.944. The number of esters is 3. The van der Waals surface area contributed by atoms with E-state index in [0.29, 0.717) is 19.3 Å². The van der Waals surface area contributed by atoms with Gasteiger partial charge in [0.1, 0.15) is 13.2 Å². The highest BCUT2D eigenvalue weighted by molar-refractivity contribution is 5.71. The number of ether oxygens (including phenoxy) is 3. The molecule has 0 aromatic heterocycles. The molecule has 0 bridgehead atoms. The predicted octanol–water partition coefficient (Wildman–Crippen LogP) is 17.2. The average Bonchev–Trinajstić information content (AvgIpc) is 3.23. The second-order valence-corrected chi connectivity index (χ2v) is 19.5. The molecule has 0 saturated carbocycles. The molecular formula is C54H104O6. The topological polar surface area (TPSA) is 78.9 Å². The molecule has 0 radical (unpaired) electrons. The molecule has 0 aliphatic rings. The van der Waals surface area contributed by atoms with E-state index in [0.717, 1.165) is 75.5 Å². The van der Waals surface area contributed by atoms with E-state index in [9.17, 15) is 14.4 Å². The first kappa shape index (κ1) is 58.4. The zero-order valence-corrected chi connectivity index (χ0v) is 41.3. The lowest BCUT2D eigenvalue weighted by Crippen LogP contribution is -2.30. The summed E-state index contributed by atoms with van der Waals surface area (Å²) in [5, 5.41) is 0. The van der Waals surface area contributed by atoms with Gasteiger partial charge >= 0.3 is 17.9 Å². The number of hydrogen-bond acceptors (Lipinski definition) is 6. The third-order valence-electron chi connectivity index (χ3n) is 12.9. The number of unbranched alkanes of at least 4 members (excludes halogenated alkanes) is 28. The highest BCUT2D eigenvalue weighted by Crippen LogP contribution is 2.18. The van der Waals surface area contributed by atoms with Gasteiger partial charge in [-0.25, -0.2) is 0 Å². The summed E-state index contributed by atoms with van der Waals surface area (Å²) in [6, 6.07) is 0. The van der Waals surface area contributed by atoms with Crippen LogP contribution >= 0.6 is 0 Å². The van der Waals surface area contributed by atoms with Crippen LogP contribution in [0.2, 0.25) is 0 Å². The molecule has 2 unspecified atom stereocenters. The largest absolute Gasteiger partial charge is 0.462 e. The van der Waals surface area contributed by atoms with E-state index in [-0.39, 0.29) is 31.1 Å². The van der Waals surface area contributed by atoms with Crippen LogP contribution in [0, 0.1) is 17.8 Å². The Hall–Kier alpha value is -1.59. The van der Waals surface area contributed by atoms with Crippen LogP contribution < -0.4 is 0 Å². The molecule has 60 heavy (non-hydrogen) atoms. The minimum absolute atomic E-state index is 0.0663. The van der Waals surface area contributed by atoms with Crippen LogP contribution in [0.1, 0.15) is 292 Å². The van der Waals surface area contributed by atoms with Crippen LogP contribution in [0.25, 0.3) is 0 Å². The maximum atomic E-state index is 12.8. The van der Waals surface area contributed by atoms with Crippen molar-refractivity contribution < 1.29 is 28.6 Å². The van der Waals surface area contributed by atoms with E-state index >= 15 is 0 Å². The summed E-state index contributed by atoms with van der Waals surface area (Å²) in [5.41, 5.74) is 0. The molecule has 6 heteroatoms. The van der Waals surface area contributed by atoms with Gasteiger partial charge in [-0.15, -0.1) is 0 Å². The zero-order valence-electron chi connectivity index (χ0n) is 41.3. The summed E-state index contributed by atoms with van der Waals surface area (Å²) in [6.07, 6.45) is 45.3. The second kappa shape index (κ2) is 45.4. The zero-order chi connectivity index (χ0) is 44.2. The maximum Gasteiger partial charge on any atom is 0.306 e. The molecule has 356 valence electrons. The molecule has 0 rings (SSSR count). The Bertz CT molecular complexity index is 933. The number of rotatable bonds is 47. The molecule has 0 aliphatic heterocycles. The van der Waals surface area contributed by atoms with Crippen molar-refractivity contribution >= 4 is 17.9 Å². The minimum Gasteiger partial charge on any atom is -0.462 e. The Morgan fingerprint density at radius 2 is 0.583 bits per heavy atom. The molecule has 3 atom stereocenters. The van der Waals surface area contributed by atoms with Crippen molar-refractivity contribution in [2.45, 2.75) is 298 Å². The van der Waals surface area contributed by atoms with E-state index < -0.39 is 6.10 Å². The van der Waals surface area contributed by atoms with Gasteiger partial charge < -0.3 is 14.2 Å². The summed E-state index contributed by atoms with van der Waals surface area (Å²) in [5.74, 6) is 1.65. The van der Waals surface area contributed by atoms with Crippen LogP contribution in [-0.2, 0) is 28.6 Å². The standard InChI is InChI=1S/C54H104O6/c1-7-49(5)41-35-29-23-19-17-15-13-11-9-10-12-14-16-18-20-24-33-39-45-54(57)60-51(46-58-52(55)43-37-31-25-21-22-28-34-40-48(3)4)47-59-53(56)44-38-32-27-26-30-36-42-50(6)8-2/h48-51H,7-47H2,1-6H3/t49?,50?,51-/m0/s1. The first-order valence-corrected chi connectivity index (χ1v) is 26.7. The molecule has 0 saturated heterocycles. The van der Waals surface area contributed by atoms with E-state index in [1.807, 2.05) is 0 Å². The monoisotopic (exact) mass is 849 g/mol. The van der Waals surface area contributed by atoms with Crippen molar-refractivity contribution in [3.8, 4) is 0 Å². The summed E-state index contributed by atoms with van der Waals surface area (Å²) < 4.78 is 16.8. The number of carbonyl (C=O) groups excluding carboxylic acids is 3. The lowest BCUT2D eigenvalue weighted by molar-refractivity contribution is -0.167. The van der Waals surface area contributed by atoms with Crippen LogP contribution in [0.15, 0.2) is 0 Å². The molecule has 0 aliphatic carbocycles. The Kier molecular flexibility index (Phi) is 44.2. The predicted molar refractivity (Wildman–Crippen MR) is 256 cm³/mol. The van der Waals surface area contributed by atoms with Gasteiger partial charge in [0.15, 0.2) is 6.10 Å². The summed E-state index contributed by atoms with van der Waals surface area (Å²) in [4.78, 5) is 37.9. The van der Waals surface area contributed by atoms with Crippen molar-refractivity contribution in [1.29, 1.82) is 0 Å². The Labute approximate surface area is 374 Å². The smallest absolute Gasteiger partial charge is 0.306 e. The lowest BCUT2D eigenvalue weighted by Gasteiger charge is -2.18. The van der Waals surface area contributed by atoms with Crippen molar-refractivity contribution in [2.75, 3.05) is 13.2 Å². The third kappa shape index (κ3) is 44.5. The van der Waals surface area contributed by atoms with Crippen LogP contribution in [0.4, 0.5) is 0 Å². The number of hydrogen-bond donors (Lipinski definition) is 0. The molecule has 0 N–H and O–H groups in total. The first-order valence-electron chi connectivity index (χ1n) is 26.7. The molecule has 0 amide bonds. The SMILES string of the molecule is CCC(C)CCCCCCCCCCCCCCCCCCCCC(=O)O[C@@H](COC(=O)CCCCCCCCCC(C)C)COC(=O)CCCCCCCCC(C)CC. The van der Waals surface area contributed by atoms with Gasteiger partial charge in [0.2, 0.25) is 0 Å².